The molecule has 2 heterocycles. The van der Waals surface area contributed by atoms with Crippen LogP contribution < -0.4 is 16.0 Å². The Balaban J connectivity index is 1.28. The van der Waals surface area contributed by atoms with Crippen LogP contribution >= 0.6 is 0 Å². The van der Waals surface area contributed by atoms with Crippen molar-refractivity contribution in [2.24, 2.45) is 0 Å². The number of hydrogen-bond acceptors (Lipinski definition) is 5. The molecule has 3 aliphatic rings. The molecule has 2 amide bonds. The second-order valence-electron chi connectivity index (χ2n) is 12.5. The first-order valence-corrected chi connectivity index (χ1v) is 17.4. The van der Waals surface area contributed by atoms with E-state index in [1.165, 1.54) is 40.7 Å². The highest BCUT2D eigenvalue weighted by Crippen LogP contribution is 2.41. The van der Waals surface area contributed by atoms with Gasteiger partial charge < -0.3 is 21.1 Å². The smallest absolute Gasteiger partial charge is 0.405 e. The number of nitrogens with zero attached hydrogens (tertiary/aromatic N) is 1. The highest BCUT2D eigenvalue weighted by molar-refractivity contribution is 7.89. The van der Waals surface area contributed by atoms with Crippen molar-refractivity contribution in [3.63, 3.8) is 0 Å². The largest absolute Gasteiger partial charge is 0.465 e. The lowest BCUT2D eigenvalue weighted by atomic mass is 9.83. The molecule has 1 saturated carbocycles. The van der Waals surface area contributed by atoms with Crippen LogP contribution in [0.25, 0.3) is 0 Å². The Morgan fingerprint density at radius 1 is 1.00 bits per heavy atom. The van der Waals surface area contributed by atoms with Gasteiger partial charge in [0.05, 0.1) is 5.75 Å². The Morgan fingerprint density at radius 2 is 1.76 bits per heavy atom. The highest BCUT2D eigenvalue weighted by atomic mass is 32.2. The molecule has 3 aromatic carbocycles. The van der Waals surface area contributed by atoms with E-state index in [-0.39, 0.29) is 35.5 Å². The van der Waals surface area contributed by atoms with Gasteiger partial charge in [0.2, 0.25) is 15.9 Å². The van der Waals surface area contributed by atoms with Gasteiger partial charge in [-0.25, -0.2) is 22.0 Å². The number of sulfonamides is 1. The summed E-state index contributed by atoms with van der Waals surface area (Å²) in [5.74, 6) is -2.08. The number of halogens is 2. The third kappa shape index (κ3) is 7.24. The molecule has 9 nitrogen and oxygen atoms in total. The predicted molar refractivity (Wildman–Crippen MR) is 170 cm³/mol. The van der Waals surface area contributed by atoms with Crippen molar-refractivity contribution in [3.05, 3.63) is 101 Å². The molecule has 6 rings (SSSR count). The first kappa shape index (κ1) is 32.1. The number of amides is 2. The van der Waals surface area contributed by atoms with Crippen molar-refractivity contribution in [2.45, 2.75) is 68.5 Å². The molecule has 3 unspecified atom stereocenters. The minimum Gasteiger partial charge on any atom is -0.465 e. The van der Waals surface area contributed by atoms with Gasteiger partial charge in [0.15, 0.2) is 0 Å². The summed E-state index contributed by atoms with van der Waals surface area (Å²) in [6.07, 6.45) is 2.51. The Morgan fingerprint density at radius 3 is 2.50 bits per heavy atom. The summed E-state index contributed by atoms with van der Waals surface area (Å²) < 4.78 is 56.7. The normalized spacial score (nSPS) is 23.5. The van der Waals surface area contributed by atoms with Gasteiger partial charge >= 0.3 is 6.09 Å². The summed E-state index contributed by atoms with van der Waals surface area (Å²) in [5, 5.41) is 18.4. The fourth-order valence-corrected chi connectivity index (χ4v) is 8.61. The maximum atomic E-state index is 15.3. The third-order valence-corrected chi connectivity index (χ3v) is 11.3. The Bertz CT molecular complexity index is 1700. The molecule has 3 aromatic rings. The molecule has 4 N–H and O–H groups in total. The molecule has 1 aliphatic carbocycles. The average Bonchev–Trinajstić information content (AvgIpc) is 3.88. The molecule has 46 heavy (non-hydrogen) atoms. The first-order valence-electron chi connectivity index (χ1n) is 15.7. The third-order valence-electron chi connectivity index (χ3n) is 9.31. The Labute approximate surface area is 267 Å². The lowest BCUT2D eigenvalue weighted by Crippen LogP contribution is -2.57. The summed E-state index contributed by atoms with van der Waals surface area (Å²) in [5.41, 5.74) is 2.68. The van der Waals surface area contributed by atoms with Crippen molar-refractivity contribution in [1.82, 2.24) is 14.9 Å². The number of carbonyl (C=O) groups is 2. The zero-order valence-electron chi connectivity index (χ0n) is 25.3. The fraction of sp³-hybridized carbons (Fsp3) is 0.412. The minimum atomic E-state index is -3.43. The van der Waals surface area contributed by atoms with Crippen molar-refractivity contribution in [2.75, 3.05) is 24.2 Å². The van der Waals surface area contributed by atoms with Crippen molar-refractivity contribution >= 4 is 27.7 Å². The molecule has 0 radical (unpaired) electrons. The summed E-state index contributed by atoms with van der Waals surface area (Å²) >= 11 is 0. The van der Waals surface area contributed by atoms with Gasteiger partial charge in [-0.3, -0.25) is 4.79 Å². The van der Waals surface area contributed by atoms with Gasteiger partial charge in [-0.1, -0.05) is 42.5 Å². The predicted octanol–water partition coefficient (Wildman–Crippen LogP) is 4.95. The maximum absolute atomic E-state index is 15.3. The van der Waals surface area contributed by atoms with Crippen LogP contribution in [0.4, 0.5) is 19.3 Å². The summed E-state index contributed by atoms with van der Waals surface area (Å²) in [6, 6.07) is 15.9. The molecule has 12 heteroatoms. The van der Waals surface area contributed by atoms with Crippen LogP contribution in [-0.4, -0.2) is 66.8 Å². The van der Waals surface area contributed by atoms with E-state index in [0.29, 0.717) is 43.0 Å². The summed E-state index contributed by atoms with van der Waals surface area (Å²) in [6.45, 7) is 0.826. The molecular weight excluding hydrogens is 614 g/mol. The van der Waals surface area contributed by atoms with E-state index in [1.54, 1.807) is 6.07 Å². The van der Waals surface area contributed by atoms with Gasteiger partial charge in [0.1, 0.15) is 17.7 Å². The molecule has 0 spiro atoms. The van der Waals surface area contributed by atoms with Crippen molar-refractivity contribution in [3.8, 4) is 0 Å². The van der Waals surface area contributed by atoms with Crippen LogP contribution in [0.5, 0.6) is 0 Å². The van der Waals surface area contributed by atoms with Gasteiger partial charge in [-0.2, -0.15) is 4.31 Å². The van der Waals surface area contributed by atoms with Crippen LogP contribution in [-0.2, 0) is 21.2 Å². The summed E-state index contributed by atoms with van der Waals surface area (Å²) in [7, 11) is -3.43. The number of anilines is 1. The standard InChI is InChI=1S/C34H38F2N4O5S/c35-25-13-11-22(12-14-25)31(24-5-1-4-23(18-24)21-9-10-21)32(39-34(42)43)33(41)38-30-8-2-7-29(36)28(30)16-15-27-19-37-26-6-3-17-46(44,45)40(27)20-26/h1-2,4-5,7-8,11-14,18,21,26-27,31-32,37,39H,3,6,9-10,15-17,19-20H2,(H,38,41)(H,42,43)/t26?,27?,31-,32-/m0/s1. The number of hydrogen-bond donors (Lipinski definition) is 4. The zero-order chi connectivity index (χ0) is 32.4. The molecular formula is C34H38F2N4O5S. The van der Waals surface area contributed by atoms with Crippen LogP contribution in [0.3, 0.4) is 0 Å². The second-order valence-corrected chi connectivity index (χ2v) is 14.5. The molecule has 0 aromatic heterocycles. The minimum absolute atomic E-state index is 0.0828. The number of benzene rings is 3. The number of nitrogens with one attached hydrogen (secondary N) is 3. The van der Waals surface area contributed by atoms with Crippen LogP contribution in [0, 0.1) is 11.6 Å². The number of fused-ring (bicyclic) bond motifs is 2. The molecule has 3 fully saturated rings. The second kappa shape index (κ2) is 13.5. The van der Waals surface area contributed by atoms with E-state index in [4.69, 9.17) is 0 Å². The lowest BCUT2D eigenvalue weighted by molar-refractivity contribution is -0.118. The first-order chi connectivity index (χ1) is 22.1. The molecule has 2 aliphatic heterocycles. The lowest BCUT2D eigenvalue weighted by Gasteiger charge is -2.37. The van der Waals surface area contributed by atoms with Gasteiger partial charge in [0.25, 0.3) is 0 Å². The van der Waals surface area contributed by atoms with Crippen molar-refractivity contribution in [1.29, 1.82) is 0 Å². The van der Waals surface area contributed by atoms with Gasteiger partial charge in [-0.05, 0) is 85.4 Å². The molecule has 5 atom stereocenters. The topological polar surface area (TPSA) is 128 Å². The SMILES string of the molecule is O=C(O)N[C@H](C(=O)Nc1cccc(F)c1CCC1CNC2CCCS(=O)(=O)N1C2)[C@@H](c1ccc(F)cc1)c1cccc(C2CC2)c1. The molecule has 2 saturated heterocycles. The molecule has 244 valence electrons. The van der Waals surface area contributed by atoms with E-state index in [0.717, 1.165) is 24.8 Å². The quantitative estimate of drug-likeness (QED) is 0.246. The molecule has 2 bridgehead atoms. The maximum Gasteiger partial charge on any atom is 0.405 e. The fourth-order valence-electron chi connectivity index (χ4n) is 6.80. The van der Waals surface area contributed by atoms with E-state index < -0.39 is 45.6 Å². The van der Waals surface area contributed by atoms with Crippen molar-refractivity contribution < 1.29 is 31.9 Å². The summed E-state index contributed by atoms with van der Waals surface area (Å²) in [4.78, 5) is 26.1. The number of piperazine rings is 1. The average molecular weight is 653 g/mol. The number of carbonyl (C=O) groups excluding carboxylic acids is 1. The Hall–Kier alpha value is -3.87. The van der Waals surface area contributed by atoms with Crippen LogP contribution in [0.15, 0.2) is 66.7 Å². The number of rotatable bonds is 10. The number of carboxylic acid groups (broad SMARTS) is 1. The highest BCUT2D eigenvalue weighted by Gasteiger charge is 2.38. The monoisotopic (exact) mass is 652 g/mol. The Kier molecular flexibility index (Phi) is 9.39. The van der Waals surface area contributed by atoms with E-state index in [1.807, 2.05) is 24.3 Å². The van der Waals surface area contributed by atoms with E-state index >= 15 is 4.39 Å². The van der Waals surface area contributed by atoms with Crippen LogP contribution in [0.1, 0.15) is 66.2 Å². The van der Waals surface area contributed by atoms with Gasteiger partial charge in [-0.15, -0.1) is 0 Å². The van der Waals surface area contributed by atoms with E-state index in [9.17, 15) is 27.5 Å². The van der Waals surface area contributed by atoms with Gasteiger partial charge in [0, 0.05) is 42.3 Å². The zero-order valence-corrected chi connectivity index (χ0v) is 26.1. The van der Waals surface area contributed by atoms with Crippen LogP contribution in [0.2, 0.25) is 0 Å². The van der Waals surface area contributed by atoms with E-state index in [2.05, 4.69) is 16.0 Å².